The third-order valence-electron chi connectivity index (χ3n) is 3.45. The molecule has 0 saturated carbocycles. The molecule has 0 bridgehead atoms. The second-order valence-corrected chi connectivity index (χ2v) is 5.56. The molecule has 0 aromatic heterocycles. The standard InChI is InChI=1S/C19H17F3O4.Al.Li.4H/c20-19(21,22)11-16(17(23)25-12-14-7-3-1-4-8-14)18(24)26-13-15-9-5-2-6-10-15;;;;;;/h1-10,16H,11-13H2;;;;;;/q;;+1;;;;-1. The van der Waals surface area contributed by atoms with Gasteiger partial charge in [0.2, 0.25) is 0 Å². The Labute approximate surface area is 185 Å². The number of carbonyl (C=O) groups excluding carboxylic acids is 2. The van der Waals surface area contributed by atoms with Crippen molar-refractivity contribution >= 4 is 29.3 Å². The Morgan fingerprint density at radius 3 is 1.50 bits per heavy atom. The van der Waals surface area contributed by atoms with Crippen molar-refractivity contribution in [1.29, 1.82) is 0 Å². The van der Waals surface area contributed by atoms with Crippen LogP contribution in [0.4, 0.5) is 13.2 Å². The van der Waals surface area contributed by atoms with Gasteiger partial charge in [0.05, 0.1) is 6.42 Å². The second kappa shape index (κ2) is 12.7. The Morgan fingerprint density at radius 1 is 0.821 bits per heavy atom. The van der Waals surface area contributed by atoms with E-state index in [1.807, 2.05) is 0 Å². The van der Waals surface area contributed by atoms with Crippen molar-refractivity contribution in [3.63, 3.8) is 0 Å². The molecule has 146 valence electrons. The molecule has 0 atom stereocenters. The zero-order valence-corrected chi connectivity index (χ0v) is 14.7. The first-order valence-corrected chi connectivity index (χ1v) is 7.83. The first-order valence-electron chi connectivity index (χ1n) is 7.83. The Bertz CT molecular complexity index is 678. The molecule has 9 heteroatoms. The van der Waals surface area contributed by atoms with Gasteiger partial charge in [-0.1, -0.05) is 60.7 Å². The Morgan fingerprint density at radius 2 is 1.18 bits per heavy atom. The van der Waals surface area contributed by atoms with Crippen molar-refractivity contribution in [2.24, 2.45) is 5.92 Å². The van der Waals surface area contributed by atoms with Crippen LogP contribution in [-0.4, -0.2) is 35.5 Å². The zero-order chi connectivity index (χ0) is 19.0. The summed E-state index contributed by atoms with van der Waals surface area (Å²) in [6, 6.07) is 16.9. The first-order chi connectivity index (χ1) is 12.3. The van der Waals surface area contributed by atoms with Crippen molar-refractivity contribution < 1.29 is 52.5 Å². The fourth-order valence-corrected chi connectivity index (χ4v) is 2.15. The van der Waals surface area contributed by atoms with Gasteiger partial charge in [-0.15, -0.1) is 0 Å². The summed E-state index contributed by atoms with van der Waals surface area (Å²) in [6.07, 6.45) is -6.34. The minimum Gasteiger partial charge on any atom is -1.00 e. The molecule has 28 heavy (non-hydrogen) atoms. The van der Waals surface area contributed by atoms with Crippen molar-refractivity contribution in [3.05, 3.63) is 71.8 Å². The molecular weight excluding hydrogens is 383 g/mol. The van der Waals surface area contributed by atoms with Gasteiger partial charge >= 0.3 is 37.0 Å². The molecule has 2 aromatic carbocycles. The van der Waals surface area contributed by atoms with Gasteiger partial charge in [0, 0.05) is 0 Å². The smallest absolute Gasteiger partial charge is 1.00 e. The van der Waals surface area contributed by atoms with E-state index in [-0.39, 0.29) is 50.9 Å². The van der Waals surface area contributed by atoms with Crippen molar-refractivity contribution in [1.82, 2.24) is 0 Å². The topological polar surface area (TPSA) is 52.6 Å². The van der Waals surface area contributed by atoms with E-state index in [1.54, 1.807) is 60.7 Å². The molecule has 0 aliphatic rings. The van der Waals surface area contributed by atoms with Crippen molar-refractivity contribution in [2.45, 2.75) is 25.8 Å². The maximum Gasteiger partial charge on any atom is 1.00 e. The van der Waals surface area contributed by atoms with Gasteiger partial charge in [0.1, 0.15) is 13.2 Å². The maximum absolute atomic E-state index is 12.7. The second-order valence-electron chi connectivity index (χ2n) is 5.56. The molecule has 0 N–H and O–H groups in total. The van der Waals surface area contributed by atoms with E-state index >= 15 is 0 Å². The normalized spacial score (nSPS) is 10.4. The maximum atomic E-state index is 12.7. The number of hydrogen-bond donors (Lipinski definition) is 0. The Balaban J connectivity index is 0. The summed E-state index contributed by atoms with van der Waals surface area (Å²) in [4.78, 5) is 24.0. The van der Waals surface area contributed by atoms with Gasteiger partial charge in [-0.05, 0) is 11.1 Å². The van der Waals surface area contributed by atoms with Gasteiger partial charge in [0.25, 0.3) is 0 Å². The van der Waals surface area contributed by atoms with Crippen LogP contribution in [0, 0.1) is 5.92 Å². The summed E-state index contributed by atoms with van der Waals surface area (Å²) in [5.41, 5.74) is 1.20. The van der Waals surface area contributed by atoms with Crippen LogP contribution in [0.2, 0.25) is 0 Å². The molecule has 2 aromatic rings. The summed E-state index contributed by atoms with van der Waals surface area (Å²) in [5, 5.41) is 0. The third kappa shape index (κ3) is 9.48. The molecule has 0 saturated heterocycles. The fraction of sp³-hybridized carbons (Fsp3) is 0.263. The van der Waals surface area contributed by atoms with Crippen molar-refractivity contribution in [2.75, 3.05) is 0 Å². The molecule has 2 rings (SSSR count). The van der Waals surface area contributed by atoms with E-state index in [9.17, 15) is 22.8 Å². The predicted molar refractivity (Wildman–Crippen MR) is 97.7 cm³/mol. The SMILES string of the molecule is O=C(OCc1ccccc1)C(CC(F)(F)F)C(=O)OCc1ccccc1.[AlH3].[H-].[Li+]. The van der Waals surface area contributed by atoms with Gasteiger partial charge in [-0.3, -0.25) is 9.59 Å². The predicted octanol–water partition coefficient (Wildman–Crippen LogP) is -0.0256. The van der Waals surface area contributed by atoms with E-state index < -0.39 is 30.5 Å². The van der Waals surface area contributed by atoms with Crippen LogP contribution >= 0.6 is 0 Å². The average Bonchev–Trinajstić information content (AvgIpc) is 2.63. The van der Waals surface area contributed by atoms with E-state index in [0.29, 0.717) is 11.1 Å². The van der Waals surface area contributed by atoms with Crippen LogP contribution in [0.3, 0.4) is 0 Å². The summed E-state index contributed by atoms with van der Waals surface area (Å²) in [6.45, 7) is -0.444. The third-order valence-corrected chi connectivity index (χ3v) is 3.45. The fourth-order valence-electron chi connectivity index (χ4n) is 2.15. The zero-order valence-electron chi connectivity index (χ0n) is 15.7. The number of halogens is 3. The number of alkyl halides is 3. The average molecular weight is 404 g/mol. The van der Waals surface area contributed by atoms with Crippen LogP contribution in [0.15, 0.2) is 60.7 Å². The van der Waals surface area contributed by atoms with E-state index in [0.717, 1.165) is 0 Å². The molecule has 0 spiro atoms. The van der Waals surface area contributed by atoms with Crippen LogP contribution in [0.1, 0.15) is 19.0 Å². The number of rotatable bonds is 7. The minimum absolute atomic E-state index is 0. The van der Waals surface area contributed by atoms with Crippen LogP contribution in [0.25, 0.3) is 0 Å². The van der Waals surface area contributed by atoms with Crippen molar-refractivity contribution in [3.8, 4) is 0 Å². The molecule has 4 nitrogen and oxygen atoms in total. The summed E-state index contributed by atoms with van der Waals surface area (Å²) >= 11 is 0. The summed E-state index contributed by atoms with van der Waals surface area (Å²) in [5.74, 6) is -4.57. The number of hydrogen-bond acceptors (Lipinski definition) is 4. The summed E-state index contributed by atoms with van der Waals surface area (Å²) in [7, 11) is 0. The first kappa shape index (κ1) is 26.3. The molecule has 0 amide bonds. The monoisotopic (exact) mass is 404 g/mol. The number of ether oxygens (including phenoxy) is 2. The Kier molecular flexibility index (Phi) is 11.9. The minimum atomic E-state index is -4.71. The Hall–Kier alpha value is -1.70. The molecule has 0 unspecified atom stereocenters. The number of carbonyl (C=O) groups is 2. The van der Waals surface area contributed by atoms with Gasteiger partial charge in [0.15, 0.2) is 23.3 Å². The molecule has 0 aliphatic carbocycles. The molecule has 0 radical (unpaired) electrons. The van der Waals surface area contributed by atoms with Gasteiger partial charge in [-0.25, -0.2) is 0 Å². The molecule has 0 fully saturated rings. The van der Waals surface area contributed by atoms with Crippen LogP contribution in [0.5, 0.6) is 0 Å². The van der Waals surface area contributed by atoms with Gasteiger partial charge in [-0.2, -0.15) is 13.2 Å². The largest absolute Gasteiger partial charge is 1.00 e. The van der Waals surface area contributed by atoms with E-state index in [2.05, 4.69) is 0 Å². The molecule has 0 heterocycles. The van der Waals surface area contributed by atoms with Gasteiger partial charge < -0.3 is 10.9 Å². The molecule has 0 aliphatic heterocycles. The van der Waals surface area contributed by atoms with E-state index in [1.165, 1.54) is 0 Å². The van der Waals surface area contributed by atoms with Crippen LogP contribution in [-0.2, 0) is 32.3 Å². The van der Waals surface area contributed by atoms with Crippen LogP contribution < -0.4 is 18.9 Å². The number of esters is 2. The van der Waals surface area contributed by atoms with E-state index in [4.69, 9.17) is 9.47 Å². The number of benzene rings is 2. The summed E-state index contributed by atoms with van der Waals surface area (Å²) < 4.78 is 48.0. The quantitative estimate of drug-likeness (QED) is 0.370. The molecular formula is C19H21AlF3LiO4.